The van der Waals surface area contributed by atoms with Crippen LogP contribution in [0.15, 0.2) is 36.4 Å². The predicted octanol–water partition coefficient (Wildman–Crippen LogP) is 1.19. The Bertz CT molecular complexity index is 581. The van der Waals surface area contributed by atoms with Gasteiger partial charge in [-0.15, -0.1) is 6.58 Å². The molecule has 0 saturated carbocycles. The predicted molar refractivity (Wildman–Crippen MR) is 80.6 cm³/mol. The largest absolute Gasteiger partial charge is 0.368 e. The highest BCUT2D eigenvalue weighted by molar-refractivity contribution is 5.99. The van der Waals surface area contributed by atoms with E-state index < -0.39 is 17.9 Å². The van der Waals surface area contributed by atoms with E-state index in [2.05, 4.69) is 17.2 Å². The van der Waals surface area contributed by atoms with Crippen molar-refractivity contribution in [2.24, 2.45) is 5.73 Å². The number of carbonyl (C=O) groups excluding carboxylic acids is 3. The number of hydrogen-bond acceptors (Lipinski definition) is 3. The zero-order valence-electron chi connectivity index (χ0n) is 12.1. The first kappa shape index (κ1) is 16.4. The Morgan fingerprint density at radius 1 is 1.29 bits per heavy atom. The van der Waals surface area contributed by atoms with E-state index in [1.54, 1.807) is 25.1 Å². The molecule has 6 heteroatoms. The number of primary amides is 1. The molecule has 21 heavy (non-hydrogen) atoms. The Morgan fingerprint density at radius 3 is 2.48 bits per heavy atom. The minimum Gasteiger partial charge on any atom is -0.368 e. The summed E-state index contributed by atoms with van der Waals surface area (Å²) in [5.41, 5.74) is 6.83. The van der Waals surface area contributed by atoms with Crippen LogP contribution in [0.4, 0.5) is 5.69 Å². The van der Waals surface area contributed by atoms with Gasteiger partial charge in [-0.25, -0.2) is 0 Å². The van der Waals surface area contributed by atoms with Crippen LogP contribution in [0.2, 0.25) is 0 Å². The van der Waals surface area contributed by atoms with Crippen molar-refractivity contribution in [3.63, 3.8) is 0 Å². The van der Waals surface area contributed by atoms with Gasteiger partial charge in [-0.05, 0) is 31.5 Å². The molecular formula is C15H19N3O3. The van der Waals surface area contributed by atoms with Crippen molar-refractivity contribution in [3.05, 3.63) is 42.0 Å². The Morgan fingerprint density at radius 2 is 1.95 bits per heavy atom. The molecule has 0 radical (unpaired) electrons. The number of amides is 3. The fourth-order valence-corrected chi connectivity index (χ4v) is 1.75. The van der Waals surface area contributed by atoms with Crippen molar-refractivity contribution in [2.45, 2.75) is 26.3 Å². The van der Waals surface area contributed by atoms with Crippen molar-refractivity contribution in [1.82, 2.24) is 5.32 Å². The van der Waals surface area contributed by atoms with Gasteiger partial charge in [0.15, 0.2) is 0 Å². The molecule has 1 rings (SSSR count). The Balaban J connectivity index is 2.84. The molecule has 6 nitrogen and oxygen atoms in total. The second-order valence-electron chi connectivity index (χ2n) is 4.85. The summed E-state index contributed by atoms with van der Waals surface area (Å²) < 4.78 is 0. The van der Waals surface area contributed by atoms with Gasteiger partial charge < -0.3 is 16.4 Å². The molecule has 4 N–H and O–H groups in total. The van der Waals surface area contributed by atoms with E-state index >= 15 is 0 Å². The number of rotatable bonds is 6. The number of anilines is 1. The zero-order chi connectivity index (χ0) is 16.0. The van der Waals surface area contributed by atoms with Crippen LogP contribution in [0.3, 0.4) is 0 Å². The van der Waals surface area contributed by atoms with Crippen molar-refractivity contribution in [3.8, 4) is 0 Å². The van der Waals surface area contributed by atoms with Gasteiger partial charge in [0.05, 0.1) is 0 Å². The van der Waals surface area contributed by atoms with E-state index in [0.29, 0.717) is 11.3 Å². The highest BCUT2D eigenvalue weighted by Gasteiger charge is 2.19. The molecule has 0 saturated heterocycles. The third-order valence-electron chi connectivity index (χ3n) is 2.65. The molecule has 0 aliphatic heterocycles. The maximum atomic E-state index is 12.1. The lowest BCUT2D eigenvalue weighted by atomic mass is 10.1. The summed E-state index contributed by atoms with van der Waals surface area (Å²) in [6, 6.07) is 5.60. The van der Waals surface area contributed by atoms with Crippen LogP contribution >= 0.6 is 0 Å². The standard InChI is InChI=1S/C15H19N3O3/c1-9(2)7-13(14(16)20)18-15(21)11-5-4-6-12(8-11)17-10(3)19/h4-6,8,13H,1,7H2,2-3H3,(H2,16,20)(H,17,19)(H,18,21)/t13-/m1/s1. The molecule has 0 aliphatic carbocycles. The van der Waals surface area contributed by atoms with Crippen molar-refractivity contribution >= 4 is 23.4 Å². The van der Waals surface area contributed by atoms with E-state index in [1.807, 2.05) is 0 Å². The Hall–Kier alpha value is -2.63. The van der Waals surface area contributed by atoms with Crippen molar-refractivity contribution < 1.29 is 14.4 Å². The smallest absolute Gasteiger partial charge is 0.252 e. The van der Waals surface area contributed by atoms with Gasteiger partial charge in [0.1, 0.15) is 6.04 Å². The molecule has 1 aromatic rings. The van der Waals surface area contributed by atoms with Crippen LogP contribution in [0.25, 0.3) is 0 Å². The molecule has 0 heterocycles. The van der Waals surface area contributed by atoms with E-state index in [0.717, 1.165) is 5.57 Å². The maximum absolute atomic E-state index is 12.1. The normalized spacial score (nSPS) is 11.3. The fourth-order valence-electron chi connectivity index (χ4n) is 1.75. The highest BCUT2D eigenvalue weighted by atomic mass is 16.2. The Kier molecular flexibility index (Phi) is 5.66. The number of benzene rings is 1. The lowest BCUT2D eigenvalue weighted by Crippen LogP contribution is -2.44. The molecule has 0 bridgehead atoms. The van der Waals surface area contributed by atoms with Gasteiger partial charge in [0.25, 0.3) is 5.91 Å². The van der Waals surface area contributed by atoms with Gasteiger partial charge in [-0.3, -0.25) is 14.4 Å². The first-order valence-corrected chi connectivity index (χ1v) is 6.42. The Labute approximate surface area is 123 Å². The average molecular weight is 289 g/mol. The summed E-state index contributed by atoms with van der Waals surface area (Å²) in [7, 11) is 0. The van der Waals surface area contributed by atoms with Gasteiger partial charge in [0, 0.05) is 18.2 Å². The second-order valence-corrected chi connectivity index (χ2v) is 4.85. The molecule has 3 amide bonds. The molecule has 0 aromatic heterocycles. The van der Waals surface area contributed by atoms with Crippen LogP contribution in [-0.4, -0.2) is 23.8 Å². The lowest BCUT2D eigenvalue weighted by molar-refractivity contribution is -0.119. The van der Waals surface area contributed by atoms with Crippen molar-refractivity contribution in [1.29, 1.82) is 0 Å². The topological polar surface area (TPSA) is 101 Å². The molecule has 1 atom stereocenters. The molecule has 0 spiro atoms. The molecule has 0 fully saturated rings. The molecule has 1 aromatic carbocycles. The van der Waals surface area contributed by atoms with Crippen LogP contribution in [0.5, 0.6) is 0 Å². The molecule has 0 aliphatic rings. The van der Waals surface area contributed by atoms with Crippen molar-refractivity contribution in [2.75, 3.05) is 5.32 Å². The van der Waals surface area contributed by atoms with E-state index in [9.17, 15) is 14.4 Å². The van der Waals surface area contributed by atoms with Crippen LogP contribution < -0.4 is 16.4 Å². The lowest BCUT2D eigenvalue weighted by Gasteiger charge is -2.15. The minimum absolute atomic E-state index is 0.232. The zero-order valence-corrected chi connectivity index (χ0v) is 12.1. The third kappa shape index (κ3) is 5.48. The summed E-state index contributed by atoms with van der Waals surface area (Å²) in [5.74, 6) is -1.29. The molecule has 0 unspecified atom stereocenters. The molecular weight excluding hydrogens is 270 g/mol. The third-order valence-corrected chi connectivity index (χ3v) is 2.65. The number of hydrogen-bond donors (Lipinski definition) is 3. The minimum atomic E-state index is -0.806. The van der Waals surface area contributed by atoms with Crippen LogP contribution in [-0.2, 0) is 9.59 Å². The summed E-state index contributed by atoms with van der Waals surface area (Å²) >= 11 is 0. The summed E-state index contributed by atoms with van der Waals surface area (Å²) in [6.07, 6.45) is 0.284. The van der Waals surface area contributed by atoms with Gasteiger partial charge in [0.2, 0.25) is 11.8 Å². The first-order valence-electron chi connectivity index (χ1n) is 6.42. The second kappa shape index (κ2) is 7.23. The number of nitrogens with two attached hydrogens (primary N) is 1. The summed E-state index contributed by atoms with van der Waals surface area (Å²) in [4.78, 5) is 34.4. The first-order chi connectivity index (χ1) is 9.79. The van der Waals surface area contributed by atoms with Crippen LogP contribution in [0, 0.1) is 0 Å². The van der Waals surface area contributed by atoms with Gasteiger partial charge >= 0.3 is 0 Å². The summed E-state index contributed by atoms with van der Waals surface area (Å²) in [6.45, 7) is 6.82. The number of carbonyl (C=O) groups is 3. The van der Waals surface area contributed by atoms with E-state index in [4.69, 9.17) is 5.73 Å². The monoisotopic (exact) mass is 289 g/mol. The maximum Gasteiger partial charge on any atom is 0.252 e. The van der Waals surface area contributed by atoms with Gasteiger partial charge in [-0.2, -0.15) is 0 Å². The SMILES string of the molecule is C=C(C)C[C@@H](NC(=O)c1cccc(NC(C)=O)c1)C(N)=O. The fraction of sp³-hybridized carbons (Fsp3) is 0.267. The van der Waals surface area contributed by atoms with Crippen LogP contribution in [0.1, 0.15) is 30.6 Å². The highest BCUT2D eigenvalue weighted by Crippen LogP contribution is 2.11. The number of nitrogens with one attached hydrogen (secondary N) is 2. The summed E-state index contributed by atoms with van der Waals surface area (Å²) in [5, 5.41) is 5.14. The average Bonchev–Trinajstić information content (AvgIpc) is 2.36. The van der Waals surface area contributed by atoms with E-state index in [1.165, 1.54) is 13.0 Å². The quantitative estimate of drug-likeness (QED) is 0.686. The van der Waals surface area contributed by atoms with Gasteiger partial charge in [-0.1, -0.05) is 11.6 Å². The van der Waals surface area contributed by atoms with E-state index in [-0.39, 0.29) is 12.3 Å². The molecule has 112 valence electrons.